The second-order valence-electron chi connectivity index (χ2n) is 4.82. The maximum Gasteiger partial charge on any atom is 0.255 e. The van der Waals surface area contributed by atoms with E-state index in [1.165, 1.54) is 0 Å². The molecule has 0 radical (unpaired) electrons. The van der Waals surface area contributed by atoms with Gasteiger partial charge in [-0.15, -0.1) is 10.2 Å². The molecule has 1 amide bonds. The van der Waals surface area contributed by atoms with Crippen molar-refractivity contribution in [1.29, 1.82) is 5.26 Å². The minimum atomic E-state index is -0.291. The van der Waals surface area contributed by atoms with Crippen LogP contribution in [0.25, 0.3) is 11.5 Å². The Bertz CT molecular complexity index is 891. The van der Waals surface area contributed by atoms with Crippen LogP contribution in [0.15, 0.2) is 52.9 Å². The van der Waals surface area contributed by atoms with E-state index in [2.05, 4.69) is 15.5 Å². The molecule has 0 bridgehead atoms. The van der Waals surface area contributed by atoms with Crippen LogP contribution in [0, 0.1) is 18.3 Å². The molecule has 0 saturated carbocycles. The summed E-state index contributed by atoms with van der Waals surface area (Å²) >= 11 is 0. The molecule has 0 aliphatic rings. The van der Waals surface area contributed by atoms with Gasteiger partial charge in [-0.1, -0.05) is 12.1 Å². The van der Waals surface area contributed by atoms with Crippen LogP contribution in [0.1, 0.15) is 21.8 Å². The number of aromatic nitrogens is 2. The lowest BCUT2D eigenvalue weighted by Crippen LogP contribution is -2.12. The number of hydrogen-bond acceptors (Lipinski definition) is 5. The van der Waals surface area contributed by atoms with Gasteiger partial charge in [0.2, 0.25) is 11.8 Å². The topological polar surface area (TPSA) is 91.8 Å². The van der Waals surface area contributed by atoms with Gasteiger partial charge in [0.15, 0.2) is 0 Å². The molecule has 1 aromatic heterocycles. The van der Waals surface area contributed by atoms with Crippen LogP contribution in [0.3, 0.4) is 0 Å². The van der Waals surface area contributed by atoms with Gasteiger partial charge in [0.05, 0.1) is 11.3 Å². The summed E-state index contributed by atoms with van der Waals surface area (Å²) in [5.41, 5.74) is 2.10. The summed E-state index contributed by atoms with van der Waals surface area (Å²) in [5.74, 6) is 0.597. The Balaban J connectivity index is 1.79. The summed E-state index contributed by atoms with van der Waals surface area (Å²) in [6.45, 7) is 1.71. The number of benzene rings is 2. The van der Waals surface area contributed by atoms with E-state index < -0.39 is 0 Å². The van der Waals surface area contributed by atoms with Crippen LogP contribution in [0.5, 0.6) is 0 Å². The van der Waals surface area contributed by atoms with Gasteiger partial charge in [-0.25, -0.2) is 0 Å². The number of carbonyl (C=O) groups excluding carboxylic acids is 1. The van der Waals surface area contributed by atoms with Crippen LogP contribution < -0.4 is 5.32 Å². The molecule has 3 rings (SSSR count). The Labute approximate surface area is 132 Å². The second kappa shape index (κ2) is 6.12. The zero-order chi connectivity index (χ0) is 16.2. The molecule has 23 heavy (non-hydrogen) atoms. The summed E-state index contributed by atoms with van der Waals surface area (Å²) in [6, 6.07) is 15.7. The molecule has 0 fully saturated rings. The van der Waals surface area contributed by atoms with Crippen molar-refractivity contribution in [3.05, 3.63) is 65.5 Å². The molecule has 112 valence electrons. The first kappa shape index (κ1) is 14.5. The van der Waals surface area contributed by atoms with Gasteiger partial charge in [0.25, 0.3) is 5.91 Å². The molecule has 0 saturated heterocycles. The van der Waals surface area contributed by atoms with Crippen molar-refractivity contribution in [3.63, 3.8) is 0 Å². The fourth-order valence-corrected chi connectivity index (χ4v) is 2.06. The molecule has 6 heteroatoms. The number of hydrogen-bond donors (Lipinski definition) is 1. The summed E-state index contributed by atoms with van der Waals surface area (Å²) in [5, 5.41) is 19.5. The Hall–Kier alpha value is -3.46. The first-order valence-electron chi connectivity index (χ1n) is 6.88. The third kappa shape index (κ3) is 3.09. The number of carbonyl (C=O) groups is 1. The second-order valence-corrected chi connectivity index (χ2v) is 4.82. The molecule has 0 unspecified atom stereocenters. The van der Waals surface area contributed by atoms with E-state index in [0.29, 0.717) is 28.6 Å². The van der Waals surface area contributed by atoms with Crippen LogP contribution in [-0.4, -0.2) is 16.1 Å². The van der Waals surface area contributed by atoms with E-state index >= 15 is 0 Å². The van der Waals surface area contributed by atoms with Crippen LogP contribution >= 0.6 is 0 Å². The van der Waals surface area contributed by atoms with Gasteiger partial charge in [-0.3, -0.25) is 4.79 Å². The highest BCUT2D eigenvalue weighted by atomic mass is 16.4. The molecule has 0 atom stereocenters. The predicted molar refractivity (Wildman–Crippen MR) is 83.6 cm³/mol. The SMILES string of the molecule is Cc1nnc(-c2ccc(C(=O)Nc3ccccc3C#N)cc2)o1. The van der Waals surface area contributed by atoms with Gasteiger partial charge >= 0.3 is 0 Å². The fourth-order valence-electron chi connectivity index (χ4n) is 2.06. The van der Waals surface area contributed by atoms with Crippen LogP contribution in [0.4, 0.5) is 5.69 Å². The molecular weight excluding hydrogens is 292 g/mol. The van der Waals surface area contributed by atoms with Gasteiger partial charge in [-0.05, 0) is 36.4 Å². The van der Waals surface area contributed by atoms with Crippen LogP contribution in [-0.2, 0) is 0 Å². The summed E-state index contributed by atoms with van der Waals surface area (Å²) in [7, 11) is 0. The van der Waals surface area contributed by atoms with E-state index in [1.807, 2.05) is 6.07 Å². The standard InChI is InChI=1S/C17H12N4O2/c1-11-20-21-17(23-11)13-8-6-12(7-9-13)16(22)19-15-5-3-2-4-14(15)10-18/h2-9H,1H3,(H,19,22). The Morgan fingerprint density at radius 1 is 1.13 bits per heavy atom. The average Bonchev–Trinajstić information content (AvgIpc) is 3.02. The number of amides is 1. The molecule has 3 aromatic rings. The molecule has 6 nitrogen and oxygen atoms in total. The lowest BCUT2D eigenvalue weighted by atomic mass is 10.1. The highest BCUT2D eigenvalue weighted by Crippen LogP contribution is 2.19. The smallest absolute Gasteiger partial charge is 0.255 e. The van der Waals surface area contributed by atoms with Crippen molar-refractivity contribution >= 4 is 11.6 Å². The van der Waals surface area contributed by atoms with Crippen molar-refractivity contribution in [1.82, 2.24) is 10.2 Å². The fraction of sp³-hybridized carbons (Fsp3) is 0.0588. The maximum absolute atomic E-state index is 12.3. The van der Waals surface area contributed by atoms with Crippen molar-refractivity contribution in [2.45, 2.75) is 6.92 Å². The van der Waals surface area contributed by atoms with Gasteiger partial charge < -0.3 is 9.73 Å². The summed E-state index contributed by atoms with van der Waals surface area (Å²) in [6.07, 6.45) is 0. The lowest BCUT2D eigenvalue weighted by molar-refractivity contribution is 0.102. The van der Waals surface area contributed by atoms with E-state index in [1.54, 1.807) is 55.5 Å². The molecule has 0 aliphatic carbocycles. The third-order valence-corrected chi connectivity index (χ3v) is 3.22. The molecule has 0 aliphatic heterocycles. The quantitative estimate of drug-likeness (QED) is 0.802. The van der Waals surface area contributed by atoms with Gasteiger partial charge in [0.1, 0.15) is 6.07 Å². The maximum atomic E-state index is 12.3. The largest absolute Gasteiger partial charge is 0.421 e. The minimum Gasteiger partial charge on any atom is -0.421 e. The number of nitrogens with one attached hydrogen (secondary N) is 1. The lowest BCUT2D eigenvalue weighted by Gasteiger charge is -2.07. The Morgan fingerprint density at radius 3 is 2.52 bits per heavy atom. The summed E-state index contributed by atoms with van der Waals surface area (Å²) < 4.78 is 5.34. The number of nitrogens with zero attached hydrogens (tertiary/aromatic N) is 3. The number of aryl methyl sites for hydroxylation is 1. The zero-order valence-electron chi connectivity index (χ0n) is 12.3. The van der Waals surface area contributed by atoms with E-state index in [4.69, 9.17) is 9.68 Å². The summed E-state index contributed by atoms with van der Waals surface area (Å²) in [4.78, 5) is 12.3. The van der Waals surface area contributed by atoms with Crippen molar-refractivity contribution in [2.75, 3.05) is 5.32 Å². The molecular formula is C17H12N4O2. The third-order valence-electron chi connectivity index (χ3n) is 3.22. The first-order valence-corrected chi connectivity index (χ1v) is 6.88. The Kier molecular flexibility index (Phi) is 3.85. The van der Waals surface area contributed by atoms with Crippen molar-refractivity contribution in [3.8, 4) is 17.5 Å². The van der Waals surface area contributed by atoms with Crippen molar-refractivity contribution < 1.29 is 9.21 Å². The van der Waals surface area contributed by atoms with Crippen LogP contribution in [0.2, 0.25) is 0 Å². The average molecular weight is 304 g/mol. The van der Waals surface area contributed by atoms with Gasteiger partial charge in [0, 0.05) is 18.1 Å². The zero-order valence-corrected chi connectivity index (χ0v) is 12.3. The molecule has 0 spiro atoms. The molecule has 1 heterocycles. The molecule has 1 N–H and O–H groups in total. The number of nitriles is 1. The molecule has 2 aromatic carbocycles. The highest BCUT2D eigenvalue weighted by molar-refractivity contribution is 6.05. The number of rotatable bonds is 3. The predicted octanol–water partition coefficient (Wildman–Crippen LogP) is 3.17. The number of para-hydroxylation sites is 1. The first-order chi connectivity index (χ1) is 11.2. The van der Waals surface area contributed by atoms with E-state index in [0.717, 1.165) is 5.56 Å². The van der Waals surface area contributed by atoms with Crippen molar-refractivity contribution in [2.24, 2.45) is 0 Å². The normalized spacial score (nSPS) is 10.1. The van der Waals surface area contributed by atoms with E-state index in [9.17, 15) is 4.79 Å². The van der Waals surface area contributed by atoms with Gasteiger partial charge in [-0.2, -0.15) is 5.26 Å². The number of anilines is 1. The minimum absolute atomic E-state index is 0.291. The monoisotopic (exact) mass is 304 g/mol. The highest BCUT2D eigenvalue weighted by Gasteiger charge is 2.11. The Morgan fingerprint density at radius 2 is 1.87 bits per heavy atom. The van der Waals surface area contributed by atoms with E-state index in [-0.39, 0.29) is 5.91 Å².